The molecule has 0 atom stereocenters. The van der Waals surface area contributed by atoms with Crippen molar-refractivity contribution in [2.24, 2.45) is 0 Å². The number of hydrogen-bond acceptors (Lipinski definition) is 2. The van der Waals surface area contributed by atoms with Crippen LogP contribution in [0.3, 0.4) is 0 Å². The number of nitrogens with zero attached hydrogens (tertiary/aromatic N) is 1. The van der Waals surface area contributed by atoms with Crippen LogP contribution in [0.2, 0.25) is 10.0 Å². The van der Waals surface area contributed by atoms with Crippen LogP contribution in [0.4, 0.5) is 0 Å². The molecule has 1 aliphatic heterocycles. The standard InChI is InChI=1S/C16H24Cl2N2/c1-2-3-8-19-14-6-9-20(10-7-14)12-13-4-5-15(17)16(18)11-13/h4-5,11,14,19H,2-3,6-10,12H2,1H3. The maximum atomic E-state index is 6.07. The first-order valence-corrected chi connectivity index (χ1v) is 8.34. The van der Waals surface area contributed by atoms with E-state index in [9.17, 15) is 0 Å². The second kappa shape index (κ2) is 8.23. The summed E-state index contributed by atoms with van der Waals surface area (Å²) in [6.07, 6.45) is 5.03. The highest BCUT2D eigenvalue weighted by atomic mass is 35.5. The van der Waals surface area contributed by atoms with Crippen LogP contribution in [-0.2, 0) is 6.54 Å². The van der Waals surface area contributed by atoms with Crippen LogP contribution in [-0.4, -0.2) is 30.6 Å². The molecule has 0 saturated carbocycles. The van der Waals surface area contributed by atoms with Crippen LogP contribution in [0.5, 0.6) is 0 Å². The Balaban J connectivity index is 1.75. The first-order chi connectivity index (χ1) is 9.69. The molecule has 112 valence electrons. The van der Waals surface area contributed by atoms with Crippen LogP contribution in [0, 0.1) is 0 Å². The average Bonchev–Trinajstić information content (AvgIpc) is 2.45. The van der Waals surface area contributed by atoms with E-state index < -0.39 is 0 Å². The summed E-state index contributed by atoms with van der Waals surface area (Å²) in [7, 11) is 0. The summed E-state index contributed by atoms with van der Waals surface area (Å²) in [5, 5.41) is 4.94. The van der Waals surface area contributed by atoms with Crippen LogP contribution in [0.15, 0.2) is 18.2 Å². The van der Waals surface area contributed by atoms with Crippen molar-refractivity contribution >= 4 is 23.2 Å². The predicted molar refractivity (Wildman–Crippen MR) is 87.7 cm³/mol. The molecule has 0 radical (unpaired) electrons. The highest BCUT2D eigenvalue weighted by Gasteiger charge is 2.18. The Labute approximate surface area is 132 Å². The van der Waals surface area contributed by atoms with Crippen molar-refractivity contribution in [3.63, 3.8) is 0 Å². The Kier molecular flexibility index (Phi) is 6.63. The van der Waals surface area contributed by atoms with Crippen molar-refractivity contribution in [2.75, 3.05) is 19.6 Å². The second-order valence-electron chi connectivity index (χ2n) is 5.61. The zero-order chi connectivity index (χ0) is 14.4. The van der Waals surface area contributed by atoms with Crippen LogP contribution in [0.25, 0.3) is 0 Å². The van der Waals surface area contributed by atoms with Gasteiger partial charge in [-0.05, 0) is 56.6 Å². The van der Waals surface area contributed by atoms with E-state index in [1.807, 2.05) is 12.1 Å². The number of hydrogen-bond donors (Lipinski definition) is 1. The van der Waals surface area contributed by atoms with E-state index in [-0.39, 0.29) is 0 Å². The molecule has 2 nitrogen and oxygen atoms in total. The molecule has 1 aromatic rings. The molecular formula is C16H24Cl2N2. The Morgan fingerprint density at radius 2 is 1.95 bits per heavy atom. The minimum Gasteiger partial charge on any atom is -0.314 e. The maximum absolute atomic E-state index is 6.07. The van der Waals surface area contributed by atoms with E-state index in [0.29, 0.717) is 16.1 Å². The van der Waals surface area contributed by atoms with Gasteiger partial charge in [-0.2, -0.15) is 0 Å². The Morgan fingerprint density at radius 3 is 2.60 bits per heavy atom. The minimum atomic E-state index is 0.634. The van der Waals surface area contributed by atoms with Gasteiger partial charge in [-0.15, -0.1) is 0 Å². The van der Waals surface area contributed by atoms with Crippen LogP contribution in [0.1, 0.15) is 38.2 Å². The van der Waals surface area contributed by atoms with Gasteiger partial charge in [0.05, 0.1) is 10.0 Å². The van der Waals surface area contributed by atoms with E-state index in [1.165, 1.54) is 31.2 Å². The molecular weight excluding hydrogens is 291 g/mol. The Morgan fingerprint density at radius 1 is 1.20 bits per heavy atom. The number of halogens is 2. The fourth-order valence-corrected chi connectivity index (χ4v) is 3.00. The van der Waals surface area contributed by atoms with Crippen molar-refractivity contribution < 1.29 is 0 Å². The number of rotatable bonds is 6. The third-order valence-corrected chi connectivity index (χ3v) is 4.68. The van der Waals surface area contributed by atoms with E-state index in [2.05, 4.69) is 23.2 Å². The quantitative estimate of drug-likeness (QED) is 0.785. The van der Waals surface area contributed by atoms with Crippen molar-refractivity contribution in [1.29, 1.82) is 0 Å². The molecule has 0 bridgehead atoms. The molecule has 1 fully saturated rings. The van der Waals surface area contributed by atoms with Crippen molar-refractivity contribution in [3.05, 3.63) is 33.8 Å². The molecule has 1 aromatic carbocycles. The smallest absolute Gasteiger partial charge is 0.0595 e. The molecule has 1 aliphatic rings. The molecule has 0 spiro atoms. The van der Waals surface area contributed by atoms with E-state index in [4.69, 9.17) is 23.2 Å². The molecule has 2 rings (SSSR count). The lowest BCUT2D eigenvalue weighted by atomic mass is 10.0. The largest absolute Gasteiger partial charge is 0.314 e. The lowest BCUT2D eigenvalue weighted by Crippen LogP contribution is -2.42. The van der Waals surface area contributed by atoms with Gasteiger partial charge in [0.2, 0.25) is 0 Å². The summed E-state index contributed by atoms with van der Waals surface area (Å²) in [6.45, 7) is 6.68. The number of likely N-dealkylation sites (tertiary alicyclic amines) is 1. The molecule has 1 N–H and O–H groups in total. The Hall–Kier alpha value is -0.280. The average molecular weight is 315 g/mol. The van der Waals surface area contributed by atoms with E-state index in [0.717, 1.165) is 26.2 Å². The summed E-state index contributed by atoms with van der Waals surface area (Å²) < 4.78 is 0. The SMILES string of the molecule is CCCCNC1CCN(Cc2ccc(Cl)c(Cl)c2)CC1. The predicted octanol–water partition coefficient (Wildman–Crippen LogP) is 4.35. The maximum Gasteiger partial charge on any atom is 0.0595 e. The highest BCUT2D eigenvalue weighted by Crippen LogP contribution is 2.24. The first kappa shape index (κ1) is 16.1. The Bertz CT molecular complexity index is 415. The van der Waals surface area contributed by atoms with Gasteiger partial charge in [0.25, 0.3) is 0 Å². The zero-order valence-corrected chi connectivity index (χ0v) is 13.7. The topological polar surface area (TPSA) is 15.3 Å². The van der Waals surface area contributed by atoms with E-state index in [1.54, 1.807) is 0 Å². The van der Waals surface area contributed by atoms with Gasteiger partial charge in [0.1, 0.15) is 0 Å². The van der Waals surface area contributed by atoms with E-state index >= 15 is 0 Å². The second-order valence-corrected chi connectivity index (χ2v) is 6.42. The van der Waals surface area contributed by atoms with Gasteiger partial charge in [0.15, 0.2) is 0 Å². The summed E-state index contributed by atoms with van der Waals surface area (Å²) in [5.74, 6) is 0. The van der Waals surface area contributed by atoms with Gasteiger partial charge in [-0.3, -0.25) is 4.90 Å². The normalized spacial score (nSPS) is 17.6. The number of unbranched alkanes of at least 4 members (excludes halogenated alkanes) is 1. The first-order valence-electron chi connectivity index (χ1n) is 7.58. The van der Waals surface area contributed by atoms with Crippen molar-refractivity contribution in [1.82, 2.24) is 10.2 Å². The third-order valence-electron chi connectivity index (χ3n) is 3.94. The van der Waals surface area contributed by atoms with Crippen LogP contribution >= 0.6 is 23.2 Å². The van der Waals surface area contributed by atoms with Gasteiger partial charge in [-0.1, -0.05) is 42.6 Å². The summed E-state index contributed by atoms with van der Waals surface area (Å²) in [4.78, 5) is 2.50. The molecule has 20 heavy (non-hydrogen) atoms. The zero-order valence-electron chi connectivity index (χ0n) is 12.2. The van der Waals surface area contributed by atoms with Gasteiger partial charge in [0, 0.05) is 12.6 Å². The fraction of sp³-hybridized carbons (Fsp3) is 0.625. The molecule has 1 saturated heterocycles. The monoisotopic (exact) mass is 314 g/mol. The number of nitrogens with one attached hydrogen (secondary N) is 1. The summed E-state index contributed by atoms with van der Waals surface area (Å²) >= 11 is 12.0. The summed E-state index contributed by atoms with van der Waals surface area (Å²) in [5.41, 5.74) is 1.25. The molecule has 0 aromatic heterocycles. The number of piperidine rings is 1. The molecule has 0 aliphatic carbocycles. The van der Waals surface area contributed by atoms with Gasteiger partial charge >= 0.3 is 0 Å². The van der Waals surface area contributed by atoms with Crippen molar-refractivity contribution in [2.45, 2.75) is 45.2 Å². The van der Waals surface area contributed by atoms with Crippen molar-refractivity contribution in [3.8, 4) is 0 Å². The van der Waals surface area contributed by atoms with Gasteiger partial charge in [-0.25, -0.2) is 0 Å². The fourth-order valence-electron chi connectivity index (χ4n) is 2.67. The minimum absolute atomic E-state index is 0.634. The molecule has 4 heteroatoms. The van der Waals surface area contributed by atoms with Gasteiger partial charge < -0.3 is 5.32 Å². The molecule has 1 heterocycles. The molecule has 0 unspecified atom stereocenters. The summed E-state index contributed by atoms with van der Waals surface area (Å²) in [6, 6.07) is 6.64. The lowest BCUT2D eigenvalue weighted by Gasteiger charge is -2.32. The highest BCUT2D eigenvalue weighted by molar-refractivity contribution is 6.42. The molecule has 0 amide bonds. The lowest BCUT2D eigenvalue weighted by molar-refractivity contribution is 0.190. The van der Waals surface area contributed by atoms with Crippen LogP contribution < -0.4 is 5.32 Å². The number of benzene rings is 1. The third kappa shape index (κ3) is 4.92.